The van der Waals surface area contributed by atoms with E-state index in [2.05, 4.69) is 41.8 Å². The lowest BCUT2D eigenvalue weighted by Crippen LogP contribution is -2.56. The highest BCUT2D eigenvalue weighted by molar-refractivity contribution is 7.80. The third-order valence-electron chi connectivity index (χ3n) is 5.76. The van der Waals surface area contributed by atoms with Gasteiger partial charge in [-0.1, -0.05) is 19.9 Å². The van der Waals surface area contributed by atoms with E-state index in [1.165, 1.54) is 18.1 Å². The van der Waals surface area contributed by atoms with Crippen molar-refractivity contribution in [2.24, 2.45) is 5.92 Å². The van der Waals surface area contributed by atoms with Gasteiger partial charge in [-0.15, -0.1) is 0 Å². The number of nitrogens with zero attached hydrogens (tertiary/aromatic N) is 1. The SMILES string of the molecule is COC(=O)CNC(=O)C(c1ccc(O)c(C)c1)N(C(=O)C(CS)NC(=O)OC(C)(C)C)C(C)CCC(C)C. The molecule has 1 aromatic rings. The number of rotatable bonds is 12. The molecule has 3 unspecified atom stereocenters. The van der Waals surface area contributed by atoms with Crippen molar-refractivity contribution in [3.63, 3.8) is 0 Å². The minimum atomic E-state index is -1.17. The number of aryl methyl sites for hydroxylation is 1. The van der Waals surface area contributed by atoms with E-state index in [1.54, 1.807) is 39.8 Å². The van der Waals surface area contributed by atoms with E-state index < -0.39 is 54.1 Å². The summed E-state index contributed by atoms with van der Waals surface area (Å²) in [6.45, 7) is 12.4. The van der Waals surface area contributed by atoms with Crippen molar-refractivity contribution in [1.82, 2.24) is 15.5 Å². The van der Waals surface area contributed by atoms with Crippen molar-refractivity contribution in [2.75, 3.05) is 19.4 Å². The van der Waals surface area contributed by atoms with Crippen LogP contribution in [0.5, 0.6) is 5.75 Å². The highest BCUT2D eigenvalue weighted by Crippen LogP contribution is 2.30. The summed E-state index contributed by atoms with van der Waals surface area (Å²) in [4.78, 5) is 53.3. The number of carbonyl (C=O) groups is 4. The van der Waals surface area contributed by atoms with E-state index in [1.807, 2.05) is 6.92 Å². The molecule has 3 N–H and O–H groups in total. The number of esters is 1. The molecule has 214 valence electrons. The van der Waals surface area contributed by atoms with Gasteiger partial charge in [0, 0.05) is 11.8 Å². The molecule has 1 aromatic carbocycles. The summed E-state index contributed by atoms with van der Waals surface area (Å²) < 4.78 is 9.97. The molecule has 0 saturated heterocycles. The van der Waals surface area contributed by atoms with Gasteiger partial charge < -0.3 is 30.1 Å². The molecule has 38 heavy (non-hydrogen) atoms. The van der Waals surface area contributed by atoms with Crippen LogP contribution in [0.4, 0.5) is 4.79 Å². The van der Waals surface area contributed by atoms with Gasteiger partial charge in [-0.05, 0) is 76.6 Å². The number of amides is 3. The zero-order chi connectivity index (χ0) is 29.2. The molecule has 11 heteroatoms. The van der Waals surface area contributed by atoms with Gasteiger partial charge in [-0.3, -0.25) is 14.4 Å². The molecular weight excluding hydrogens is 510 g/mol. The minimum absolute atomic E-state index is 0.0352. The highest BCUT2D eigenvalue weighted by Gasteiger charge is 2.38. The normalized spacial score (nSPS) is 13.7. The molecule has 0 radical (unpaired) electrons. The Labute approximate surface area is 231 Å². The fourth-order valence-corrected chi connectivity index (χ4v) is 3.99. The molecule has 0 fully saturated rings. The number of phenolic OH excluding ortho intramolecular Hbond substituents is 1. The minimum Gasteiger partial charge on any atom is -0.508 e. The first-order valence-corrected chi connectivity index (χ1v) is 13.3. The molecule has 0 saturated carbocycles. The number of ether oxygens (including phenoxy) is 2. The van der Waals surface area contributed by atoms with Crippen molar-refractivity contribution < 1.29 is 33.8 Å². The molecule has 10 nitrogen and oxygen atoms in total. The van der Waals surface area contributed by atoms with Crippen LogP contribution in [0, 0.1) is 12.8 Å². The Hall–Kier alpha value is -2.95. The summed E-state index contributed by atoms with van der Waals surface area (Å²) in [5.41, 5.74) is 0.161. The molecule has 3 amide bonds. The van der Waals surface area contributed by atoms with Crippen LogP contribution in [-0.2, 0) is 23.9 Å². The number of methoxy groups -OCH3 is 1. The summed E-state index contributed by atoms with van der Waals surface area (Å²) in [6, 6.07) is 1.92. The fourth-order valence-electron chi connectivity index (χ4n) is 3.74. The Bertz CT molecular complexity index is 978. The van der Waals surface area contributed by atoms with Crippen LogP contribution < -0.4 is 10.6 Å². The Morgan fingerprint density at radius 3 is 2.24 bits per heavy atom. The Balaban J connectivity index is 3.57. The van der Waals surface area contributed by atoms with Crippen molar-refractivity contribution >= 4 is 36.5 Å². The molecule has 1 rings (SSSR count). The van der Waals surface area contributed by atoms with Gasteiger partial charge in [-0.2, -0.15) is 12.6 Å². The second-order valence-corrected chi connectivity index (χ2v) is 11.1. The van der Waals surface area contributed by atoms with E-state index in [0.29, 0.717) is 23.5 Å². The van der Waals surface area contributed by atoms with E-state index in [0.717, 1.165) is 6.42 Å². The molecule has 0 aliphatic rings. The quantitative estimate of drug-likeness (QED) is 0.230. The number of hydrogen-bond acceptors (Lipinski definition) is 8. The summed E-state index contributed by atoms with van der Waals surface area (Å²) in [6.07, 6.45) is 0.570. The van der Waals surface area contributed by atoms with E-state index in [-0.39, 0.29) is 11.5 Å². The van der Waals surface area contributed by atoms with Crippen LogP contribution in [0.3, 0.4) is 0 Å². The number of benzene rings is 1. The smallest absolute Gasteiger partial charge is 0.408 e. The summed E-state index contributed by atoms with van der Waals surface area (Å²) in [7, 11) is 1.21. The van der Waals surface area contributed by atoms with Gasteiger partial charge >= 0.3 is 12.1 Å². The number of aromatic hydroxyl groups is 1. The van der Waals surface area contributed by atoms with Gasteiger partial charge in [0.1, 0.15) is 30.0 Å². The van der Waals surface area contributed by atoms with E-state index >= 15 is 0 Å². The van der Waals surface area contributed by atoms with Gasteiger partial charge in [0.25, 0.3) is 0 Å². The number of alkyl carbamates (subject to hydrolysis) is 1. The molecule has 0 spiro atoms. The Morgan fingerprint density at radius 2 is 1.74 bits per heavy atom. The maximum absolute atomic E-state index is 14.0. The van der Waals surface area contributed by atoms with Crippen molar-refractivity contribution in [3.05, 3.63) is 29.3 Å². The lowest BCUT2D eigenvalue weighted by molar-refractivity contribution is -0.146. The average molecular weight is 554 g/mol. The number of carbonyl (C=O) groups excluding carboxylic acids is 4. The van der Waals surface area contributed by atoms with E-state index in [4.69, 9.17) is 4.74 Å². The maximum atomic E-state index is 14.0. The summed E-state index contributed by atoms with van der Waals surface area (Å²) in [5.74, 6) is -1.46. The maximum Gasteiger partial charge on any atom is 0.408 e. The largest absolute Gasteiger partial charge is 0.508 e. The zero-order valence-corrected chi connectivity index (χ0v) is 24.6. The topological polar surface area (TPSA) is 134 Å². The lowest BCUT2D eigenvalue weighted by atomic mass is 9.96. The third kappa shape index (κ3) is 10.4. The molecule has 0 bridgehead atoms. The molecular formula is C27H43N3O7S. The van der Waals surface area contributed by atoms with Crippen molar-refractivity contribution in [3.8, 4) is 5.75 Å². The summed E-state index contributed by atoms with van der Waals surface area (Å²) >= 11 is 4.29. The van der Waals surface area contributed by atoms with Gasteiger partial charge in [0.2, 0.25) is 11.8 Å². The zero-order valence-electron chi connectivity index (χ0n) is 23.7. The number of hydrogen-bond donors (Lipinski definition) is 4. The first kappa shape index (κ1) is 33.1. The number of thiol groups is 1. The fraction of sp³-hybridized carbons (Fsp3) is 0.630. The predicted molar refractivity (Wildman–Crippen MR) is 148 cm³/mol. The summed E-state index contributed by atoms with van der Waals surface area (Å²) in [5, 5.41) is 15.2. The predicted octanol–water partition coefficient (Wildman–Crippen LogP) is 3.51. The van der Waals surface area contributed by atoms with Crippen molar-refractivity contribution in [2.45, 2.75) is 85.0 Å². The molecule has 0 aliphatic carbocycles. The van der Waals surface area contributed by atoms with Crippen LogP contribution in [-0.4, -0.2) is 71.0 Å². The second kappa shape index (κ2) is 14.8. The monoisotopic (exact) mass is 553 g/mol. The number of phenols is 1. The first-order valence-electron chi connectivity index (χ1n) is 12.7. The van der Waals surface area contributed by atoms with Crippen LogP contribution in [0.1, 0.15) is 71.6 Å². The second-order valence-electron chi connectivity index (χ2n) is 10.7. The average Bonchev–Trinajstić information content (AvgIpc) is 2.82. The van der Waals surface area contributed by atoms with Gasteiger partial charge in [0.05, 0.1) is 7.11 Å². The molecule has 0 heterocycles. The van der Waals surface area contributed by atoms with E-state index in [9.17, 15) is 24.3 Å². The molecule has 0 aromatic heterocycles. The highest BCUT2D eigenvalue weighted by atomic mass is 32.1. The molecule has 0 aliphatic heterocycles. The Kier molecular flexibility index (Phi) is 12.9. The number of nitrogens with one attached hydrogen (secondary N) is 2. The van der Waals surface area contributed by atoms with Crippen LogP contribution >= 0.6 is 12.6 Å². The van der Waals surface area contributed by atoms with Crippen LogP contribution in [0.25, 0.3) is 0 Å². The standard InChI is InChI=1S/C27H43N3O7S/c1-16(2)9-10-18(4)30(25(34)20(15-38)29-26(35)37-27(5,6)7)23(24(33)28-14-22(32)36-8)19-11-12-21(31)17(3)13-19/h11-13,16,18,20,23,31,38H,9-10,14-15H2,1-8H3,(H,28,33)(H,29,35). The van der Waals surface area contributed by atoms with Gasteiger partial charge in [0.15, 0.2) is 0 Å². The third-order valence-corrected chi connectivity index (χ3v) is 6.13. The first-order chi connectivity index (χ1) is 17.6. The molecule has 3 atom stereocenters. The Morgan fingerprint density at radius 1 is 1.11 bits per heavy atom. The van der Waals surface area contributed by atoms with Gasteiger partial charge in [-0.25, -0.2) is 4.79 Å². The van der Waals surface area contributed by atoms with Crippen molar-refractivity contribution in [1.29, 1.82) is 0 Å². The van der Waals surface area contributed by atoms with Crippen LogP contribution in [0.2, 0.25) is 0 Å². The van der Waals surface area contributed by atoms with Crippen LogP contribution in [0.15, 0.2) is 18.2 Å². The lowest BCUT2D eigenvalue weighted by Gasteiger charge is -2.38.